The maximum Gasteiger partial charge on any atom is 0.208 e. The first kappa shape index (κ1) is 21.8. The maximum atomic E-state index is 15.6. The Morgan fingerprint density at radius 1 is 0.529 bits per heavy atom. The van der Waals surface area contributed by atoms with Crippen molar-refractivity contribution in [2.24, 2.45) is 0 Å². The van der Waals surface area contributed by atoms with Gasteiger partial charge >= 0.3 is 0 Å². The summed E-state index contributed by atoms with van der Waals surface area (Å²) in [6.07, 6.45) is 5.55. The van der Waals surface area contributed by atoms with Gasteiger partial charge in [-0.1, -0.05) is 0 Å². The number of nitrogens with zero attached hydrogens (tertiary/aromatic N) is 12. The fourth-order valence-electron chi connectivity index (χ4n) is 3.48. The van der Waals surface area contributed by atoms with Crippen LogP contribution in [0.2, 0.25) is 0 Å². The first-order valence-corrected chi connectivity index (χ1v) is 10.8. The molecule has 0 amide bonds. The first-order valence-electron chi connectivity index (χ1n) is 9.96. The zero-order valence-electron chi connectivity index (χ0n) is 18.6. The normalized spacial score (nSPS) is 13.4. The van der Waals surface area contributed by atoms with Crippen molar-refractivity contribution in [2.45, 2.75) is 0 Å². The highest BCUT2D eigenvalue weighted by Crippen LogP contribution is 2.38. The van der Waals surface area contributed by atoms with E-state index in [0.717, 1.165) is 0 Å². The van der Waals surface area contributed by atoms with Crippen molar-refractivity contribution in [3.05, 3.63) is 47.7 Å². The standard InChI is InChI=1S/C20H18BrFN12/c1-31-11-5-13(25-7-23-11)33(3)19-16(22)20(30-10-29-19)34(4)14-6-12(24-8-26-14)32(2)18-15(21)17(31)27-9-28-18/h5-10H,1-4H3. The molecule has 4 aromatic heterocycles. The lowest BCUT2D eigenvalue weighted by Crippen LogP contribution is -2.22. The minimum atomic E-state index is -0.627. The largest absolute Gasteiger partial charge is 0.313 e. The summed E-state index contributed by atoms with van der Waals surface area (Å²) in [5.41, 5.74) is 0. The van der Waals surface area contributed by atoms with Crippen molar-refractivity contribution in [1.82, 2.24) is 39.9 Å². The Bertz CT molecular complexity index is 1190. The number of fused-ring (bicyclic) bond motifs is 8. The molecule has 1 aliphatic heterocycles. The molecular formula is C20H18BrFN12. The van der Waals surface area contributed by atoms with Crippen molar-refractivity contribution in [2.75, 3.05) is 47.8 Å². The van der Waals surface area contributed by atoms with Crippen LogP contribution < -0.4 is 19.6 Å². The average molecular weight is 525 g/mol. The van der Waals surface area contributed by atoms with E-state index < -0.39 is 5.82 Å². The topological polar surface area (TPSA) is 116 Å². The highest BCUT2D eigenvalue weighted by molar-refractivity contribution is 9.10. The minimum Gasteiger partial charge on any atom is -0.313 e. The lowest BCUT2D eigenvalue weighted by atomic mass is 10.3. The summed E-state index contributed by atoms with van der Waals surface area (Å²) < 4.78 is 16.2. The lowest BCUT2D eigenvalue weighted by Gasteiger charge is -2.26. The zero-order valence-corrected chi connectivity index (χ0v) is 20.2. The molecule has 0 spiro atoms. The van der Waals surface area contributed by atoms with Gasteiger partial charge in [0.25, 0.3) is 0 Å². The third-order valence-corrected chi connectivity index (χ3v) is 6.14. The van der Waals surface area contributed by atoms with Crippen LogP contribution in [0.5, 0.6) is 0 Å². The summed E-state index contributed by atoms with van der Waals surface area (Å²) >= 11 is 3.63. The summed E-state index contributed by atoms with van der Waals surface area (Å²) in [5, 5.41) is 0. The van der Waals surface area contributed by atoms with Crippen LogP contribution in [0.25, 0.3) is 0 Å². The molecule has 0 unspecified atom stereocenters. The van der Waals surface area contributed by atoms with Crippen molar-refractivity contribution >= 4 is 62.5 Å². The van der Waals surface area contributed by atoms with E-state index in [2.05, 4.69) is 55.8 Å². The third kappa shape index (κ3) is 3.51. The lowest BCUT2D eigenvalue weighted by molar-refractivity contribution is 0.612. The molecule has 0 aromatic carbocycles. The van der Waals surface area contributed by atoms with Gasteiger partial charge < -0.3 is 19.6 Å². The van der Waals surface area contributed by atoms with E-state index in [0.29, 0.717) is 39.4 Å². The summed E-state index contributed by atoms with van der Waals surface area (Å²) in [4.78, 5) is 41.1. The van der Waals surface area contributed by atoms with Crippen LogP contribution in [0.15, 0.2) is 41.9 Å². The van der Waals surface area contributed by atoms with Crippen molar-refractivity contribution in [1.29, 1.82) is 0 Å². The Morgan fingerprint density at radius 3 is 1.21 bits per heavy atom. The minimum absolute atomic E-state index is 0.0492. The van der Waals surface area contributed by atoms with E-state index in [-0.39, 0.29) is 11.6 Å². The van der Waals surface area contributed by atoms with Gasteiger partial charge in [-0.2, -0.15) is 4.39 Å². The molecule has 172 valence electrons. The van der Waals surface area contributed by atoms with E-state index in [1.807, 2.05) is 14.1 Å². The second kappa shape index (κ2) is 8.37. The first-order chi connectivity index (χ1) is 16.4. The third-order valence-electron chi connectivity index (χ3n) is 5.43. The fraction of sp³-hybridized carbons (Fsp3) is 0.200. The van der Waals surface area contributed by atoms with Gasteiger partial charge in [-0.05, 0) is 15.9 Å². The summed E-state index contributed by atoms with van der Waals surface area (Å²) in [5.74, 6) is 2.54. The second-order valence-corrected chi connectivity index (χ2v) is 8.17. The van der Waals surface area contributed by atoms with Gasteiger partial charge in [0.2, 0.25) is 5.82 Å². The quantitative estimate of drug-likeness (QED) is 0.336. The Morgan fingerprint density at radius 2 is 0.824 bits per heavy atom. The van der Waals surface area contributed by atoms with E-state index in [9.17, 15) is 0 Å². The van der Waals surface area contributed by atoms with Crippen LogP contribution >= 0.6 is 15.9 Å². The Kier molecular flexibility index (Phi) is 5.36. The van der Waals surface area contributed by atoms with E-state index >= 15 is 4.39 Å². The van der Waals surface area contributed by atoms with Crippen molar-refractivity contribution < 1.29 is 4.39 Å². The van der Waals surface area contributed by atoms with Gasteiger partial charge in [0.15, 0.2) is 23.3 Å². The Labute approximate surface area is 202 Å². The maximum absolute atomic E-state index is 15.6. The van der Waals surface area contributed by atoms with Crippen LogP contribution in [0.4, 0.5) is 50.9 Å². The number of rotatable bonds is 0. The Hall–Kier alpha value is -4.07. The molecule has 8 bridgehead atoms. The van der Waals surface area contributed by atoms with Crippen LogP contribution in [-0.4, -0.2) is 68.1 Å². The van der Waals surface area contributed by atoms with E-state index in [4.69, 9.17) is 0 Å². The van der Waals surface area contributed by atoms with E-state index in [1.165, 1.54) is 35.1 Å². The average Bonchev–Trinajstić information content (AvgIpc) is 2.87. The Balaban J connectivity index is 1.78. The molecule has 0 saturated heterocycles. The number of halogens is 2. The van der Waals surface area contributed by atoms with Crippen LogP contribution in [0, 0.1) is 5.82 Å². The van der Waals surface area contributed by atoms with E-state index in [1.54, 1.807) is 36.0 Å². The number of hydrogen-bond donors (Lipinski definition) is 0. The molecule has 1 aliphatic rings. The number of hydrogen-bond acceptors (Lipinski definition) is 12. The number of anilines is 8. The molecule has 0 N–H and O–H groups in total. The molecule has 4 aromatic rings. The molecule has 5 heterocycles. The summed E-state index contributed by atoms with van der Waals surface area (Å²) in [7, 11) is 6.96. The molecule has 12 nitrogen and oxygen atoms in total. The van der Waals surface area contributed by atoms with Gasteiger partial charge in [0.05, 0.1) is 0 Å². The van der Waals surface area contributed by atoms with Gasteiger partial charge in [-0.3, -0.25) is 0 Å². The SMILES string of the molecule is CN1c2cc(ncn2)N(C)c2ncnc(c2Br)N(C)c2cc(ncn2)N(C)c2ncnc1c2F. The second-order valence-electron chi connectivity index (χ2n) is 7.37. The molecule has 0 atom stereocenters. The number of aromatic nitrogens is 8. The van der Waals surface area contributed by atoms with Crippen molar-refractivity contribution in [3.63, 3.8) is 0 Å². The summed E-state index contributed by atoms with van der Waals surface area (Å²) in [6.45, 7) is 0. The van der Waals surface area contributed by atoms with Gasteiger partial charge in [0.1, 0.15) is 53.1 Å². The highest BCUT2D eigenvalue weighted by Gasteiger charge is 2.24. The predicted octanol–water partition coefficient (Wildman–Crippen LogP) is 3.13. The van der Waals surface area contributed by atoms with Crippen LogP contribution in [0.3, 0.4) is 0 Å². The molecular weight excluding hydrogens is 507 g/mol. The van der Waals surface area contributed by atoms with Crippen LogP contribution in [-0.2, 0) is 0 Å². The summed E-state index contributed by atoms with van der Waals surface area (Å²) in [6, 6.07) is 3.42. The zero-order chi connectivity index (χ0) is 24.0. The fourth-order valence-corrected chi connectivity index (χ4v) is 4.22. The highest BCUT2D eigenvalue weighted by atomic mass is 79.9. The molecule has 0 saturated carbocycles. The monoisotopic (exact) mass is 524 g/mol. The molecule has 0 fully saturated rings. The smallest absolute Gasteiger partial charge is 0.208 e. The molecule has 34 heavy (non-hydrogen) atoms. The van der Waals surface area contributed by atoms with Gasteiger partial charge in [-0.15, -0.1) is 0 Å². The van der Waals surface area contributed by atoms with Gasteiger partial charge in [0, 0.05) is 40.3 Å². The molecule has 14 heteroatoms. The van der Waals surface area contributed by atoms with Crippen molar-refractivity contribution in [3.8, 4) is 0 Å². The molecule has 0 aliphatic carbocycles. The molecule has 0 radical (unpaired) electrons. The molecule has 5 rings (SSSR count). The predicted molar refractivity (Wildman–Crippen MR) is 128 cm³/mol. The van der Waals surface area contributed by atoms with Gasteiger partial charge in [-0.25, -0.2) is 39.9 Å². The van der Waals surface area contributed by atoms with Crippen LogP contribution in [0.1, 0.15) is 0 Å².